The number of aromatic hydroxyl groups is 1. The molecule has 0 bridgehead atoms. The Bertz CT molecular complexity index is 1040. The number of hydrogen-bond donors (Lipinski definition) is 3. The average Bonchev–Trinajstić information content (AvgIpc) is 2.99. The lowest BCUT2D eigenvalue weighted by Gasteiger charge is -2.13. The summed E-state index contributed by atoms with van der Waals surface area (Å²) in [5.74, 6) is -2.02. The number of carbonyl (C=O) groups is 4. The second-order valence-corrected chi connectivity index (χ2v) is 7.58. The summed E-state index contributed by atoms with van der Waals surface area (Å²) >= 11 is 6.62. The van der Waals surface area contributed by atoms with Crippen molar-refractivity contribution in [3.63, 3.8) is 0 Å². The van der Waals surface area contributed by atoms with E-state index in [-0.39, 0.29) is 29.2 Å². The summed E-state index contributed by atoms with van der Waals surface area (Å²) < 4.78 is 0. The molecule has 30 heavy (non-hydrogen) atoms. The van der Waals surface area contributed by atoms with Crippen molar-refractivity contribution in [3.05, 3.63) is 69.6 Å². The van der Waals surface area contributed by atoms with Crippen LogP contribution in [0.25, 0.3) is 6.08 Å². The third-order valence-corrected chi connectivity index (χ3v) is 5.23. The average molecular weight is 446 g/mol. The lowest BCUT2D eigenvalue weighted by molar-refractivity contribution is -0.124. The van der Waals surface area contributed by atoms with E-state index in [1.54, 1.807) is 42.5 Å². The van der Waals surface area contributed by atoms with Crippen LogP contribution in [0.4, 0.5) is 4.79 Å². The number of imide groups is 1. The van der Waals surface area contributed by atoms with Gasteiger partial charge in [0.2, 0.25) is 5.91 Å². The Morgan fingerprint density at radius 3 is 2.47 bits per heavy atom. The first-order valence-electron chi connectivity index (χ1n) is 8.73. The molecule has 154 valence electrons. The number of carbonyl (C=O) groups excluding carboxylic acids is 4. The van der Waals surface area contributed by atoms with Gasteiger partial charge < -0.3 is 5.11 Å². The first kappa shape index (κ1) is 21.4. The van der Waals surface area contributed by atoms with Crippen molar-refractivity contribution in [2.24, 2.45) is 0 Å². The number of phenols is 1. The van der Waals surface area contributed by atoms with E-state index >= 15 is 0 Å². The first-order chi connectivity index (χ1) is 14.3. The number of thioether (sulfide) groups is 1. The number of hydrazine groups is 1. The normalized spacial score (nSPS) is 14.8. The zero-order valence-corrected chi connectivity index (χ0v) is 17.0. The Morgan fingerprint density at radius 1 is 1.07 bits per heavy atom. The number of nitrogens with zero attached hydrogens (tertiary/aromatic N) is 1. The highest BCUT2D eigenvalue weighted by Gasteiger charge is 2.35. The molecule has 0 atom stereocenters. The summed E-state index contributed by atoms with van der Waals surface area (Å²) in [5, 5.41) is 9.70. The molecule has 2 aromatic rings. The van der Waals surface area contributed by atoms with Gasteiger partial charge in [0.05, 0.1) is 10.5 Å². The molecule has 3 N–H and O–H groups in total. The Balaban J connectivity index is 1.52. The fourth-order valence-electron chi connectivity index (χ4n) is 2.54. The van der Waals surface area contributed by atoms with Crippen LogP contribution in [0, 0.1) is 0 Å². The summed E-state index contributed by atoms with van der Waals surface area (Å²) in [6, 6.07) is 12.6. The van der Waals surface area contributed by atoms with Crippen molar-refractivity contribution in [2.45, 2.75) is 6.42 Å². The summed E-state index contributed by atoms with van der Waals surface area (Å²) in [7, 11) is 0. The molecule has 10 heteroatoms. The van der Waals surface area contributed by atoms with E-state index in [1.807, 2.05) is 0 Å². The lowest BCUT2D eigenvalue weighted by Crippen LogP contribution is -2.43. The maximum atomic E-state index is 12.4. The van der Waals surface area contributed by atoms with Gasteiger partial charge in [-0.05, 0) is 47.7 Å². The number of amides is 4. The highest BCUT2D eigenvalue weighted by molar-refractivity contribution is 8.18. The summed E-state index contributed by atoms with van der Waals surface area (Å²) in [4.78, 5) is 49.7. The number of phenolic OH excluding ortho intramolecular Hbond substituents is 1. The van der Waals surface area contributed by atoms with Crippen molar-refractivity contribution in [1.29, 1.82) is 0 Å². The van der Waals surface area contributed by atoms with Crippen molar-refractivity contribution >= 4 is 52.4 Å². The van der Waals surface area contributed by atoms with Crippen LogP contribution < -0.4 is 10.9 Å². The topological polar surface area (TPSA) is 116 Å². The molecule has 1 aliphatic rings. The molecule has 0 aliphatic carbocycles. The third kappa shape index (κ3) is 5.19. The highest BCUT2D eigenvalue weighted by Crippen LogP contribution is 2.32. The van der Waals surface area contributed by atoms with E-state index in [1.165, 1.54) is 12.1 Å². The second kappa shape index (κ2) is 9.47. The van der Waals surface area contributed by atoms with Gasteiger partial charge in [0.15, 0.2) is 0 Å². The molecule has 2 aromatic carbocycles. The number of halogens is 1. The molecule has 3 rings (SSSR count). The molecule has 0 aromatic heterocycles. The van der Waals surface area contributed by atoms with Gasteiger partial charge in [-0.2, -0.15) is 0 Å². The van der Waals surface area contributed by atoms with Crippen LogP contribution in [0.5, 0.6) is 5.75 Å². The smallest absolute Gasteiger partial charge is 0.293 e. The van der Waals surface area contributed by atoms with Gasteiger partial charge in [-0.25, -0.2) is 0 Å². The standard InChI is InChI=1S/C20H16ClN3O5S/c21-13-7-5-12(6-8-13)11-16-19(28)24(20(29)30-16)10-9-17(26)22-23-18(27)14-3-1-2-4-15(14)25/h1-8,11,25H,9-10H2,(H,22,26)(H,23,27). The van der Waals surface area contributed by atoms with Gasteiger partial charge in [0.1, 0.15) is 5.75 Å². The molecule has 8 nitrogen and oxygen atoms in total. The fraction of sp³-hybridized carbons (Fsp3) is 0.100. The van der Waals surface area contributed by atoms with Gasteiger partial charge in [-0.15, -0.1) is 0 Å². The maximum absolute atomic E-state index is 12.4. The second-order valence-electron chi connectivity index (χ2n) is 6.15. The van der Waals surface area contributed by atoms with Crippen LogP contribution >= 0.6 is 23.4 Å². The minimum atomic E-state index is -0.696. The first-order valence-corrected chi connectivity index (χ1v) is 9.92. The fourth-order valence-corrected chi connectivity index (χ4v) is 3.53. The number of para-hydroxylation sites is 1. The maximum Gasteiger partial charge on any atom is 0.293 e. The van der Waals surface area contributed by atoms with E-state index in [4.69, 9.17) is 11.6 Å². The molecule has 1 fully saturated rings. The molecule has 0 saturated carbocycles. The van der Waals surface area contributed by atoms with Crippen LogP contribution in [0.15, 0.2) is 53.4 Å². The van der Waals surface area contributed by atoms with E-state index in [0.717, 1.165) is 22.2 Å². The number of benzene rings is 2. The Morgan fingerprint density at radius 2 is 1.77 bits per heavy atom. The van der Waals surface area contributed by atoms with Crippen molar-refractivity contribution in [3.8, 4) is 5.75 Å². The number of rotatable bonds is 5. The van der Waals surface area contributed by atoms with Crippen LogP contribution in [0.3, 0.4) is 0 Å². The molecule has 0 spiro atoms. The monoisotopic (exact) mass is 445 g/mol. The Kier molecular flexibility index (Phi) is 6.76. The zero-order valence-electron chi connectivity index (χ0n) is 15.4. The zero-order chi connectivity index (χ0) is 21.7. The van der Waals surface area contributed by atoms with Gasteiger partial charge in [-0.1, -0.05) is 35.9 Å². The minimum absolute atomic E-state index is 0.00363. The molecule has 4 amide bonds. The van der Waals surface area contributed by atoms with Crippen LogP contribution in [-0.2, 0) is 9.59 Å². The highest BCUT2D eigenvalue weighted by atomic mass is 35.5. The summed E-state index contributed by atoms with van der Waals surface area (Å²) in [6.07, 6.45) is 1.38. The van der Waals surface area contributed by atoms with E-state index in [9.17, 15) is 24.3 Å². The molecule has 0 radical (unpaired) electrons. The van der Waals surface area contributed by atoms with Crippen molar-refractivity contribution < 1.29 is 24.3 Å². The third-order valence-electron chi connectivity index (χ3n) is 4.07. The summed E-state index contributed by atoms with van der Waals surface area (Å²) in [5.41, 5.74) is 5.07. The van der Waals surface area contributed by atoms with E-state index in [2.05, 4.69) is 10.9 Å². The van der Waals surface area contributed by atoms with Gasteiger partial charge in [-0.3, -0.25) is 34.9 Å². The SMILES string of the molecule is O=C(CCN1C(=O)SC(=Cc2ccc(Cl)cc2)C1=O)NNC(=O)c1ccccc1O. The predicted molar refractivity (Wildman–Crippen MR) is 112 cm³/mol. The molecule has 1 saturated heterocycles. The Hall–Kier alpha value is -3.30. The molecule has 0 unspecified atom stereocenters. The van der Waals surface area contributed by atoms with E-state index < -0.39 is 23.0 Å². The molecular weight excluding hydrogens is 430 g/mol. The molecule has 1 aliphatic heterocycles. The van der Waals surface area contributed by atoms with E-state index in [0.29, 0.717) is 5.02 Å². The quantitative estimate of drug-likeness (QED) is 0.481. The molecular formula is C20H16ClN3O5S. The summed E-state index contributed by atoms with van der Waals surface area (Å²) in [6.45, 7) is -0.138. The van der Waals surface area contributed by atoms with Crippen LogP contribution in [0.2, 0.25) is 5.02 Å². The van der Waals surface area contributed by atoms with Gasteiger partial charge in [0.25, 0.3) is 17.1 Å². The number of hydrogen-bond acceptors (Lipinski definition) is 6. The number of nitrogens with one attached hydrogen (secondary N) is 2. The molecule has 1 heterocycles. The van der Waals surface area contributed by atoms with Gasteiger partial charge in [0, 0.05) is 18.0 Å². The van der Waals surface area contributed by atoms with Crippen LogP contribution in [-0.4, -0.2) is 39.5 Å². The largest absolute Gasteiger partial charge is 0.507 e. The van der Waals surface area contributed by atoms with Gasteiger partial charge >= 0.3 is 0 Å². The van der Waals surface area contributed by atoms with Crippen molar-refractivity contribution in [2.75, 3.05) is 6.54 Å². The van der Waals surface area contributed by atoms with Crippen LogP contribution in [0.1, 0.15) is 22.3 Å². The minimum Gasteiger partial charge on any atom is -0.507 e. The van der Waals surface area contributed by atoms with Crippen molar-refractivity contribution in [1.82, 2.24) is 15.8 Å². The Labute approximate surface area is 180 Å². The lowest BCUT2D eigenvalue weighted by atomic mass is 10.2. The predicted octanol–water partition coefficient (Wildman–Crippen LogP) is 2.93.